The monoisotopic (exact) mass is 350 g/mol. The maximum atomic E-state index is 6.26. The molecule has 0 spiro atoms. The van der Waals surface area contributed by atoms with Crippen molar-refractivity contribution in [2.75, 3.05) is 11.9 Å². The fourth-order valence-electron chi connectivity index (χ4n) is 4.28. The van der Waals surface area contributed by atoms with Crippen LogP contribution >= 0.6 is 11.6 Å². The Hall–Kier alpha value is -2.26. The maximum Gasteiger partial charge on any atom is 0.219 e. The topological polar surface area (TPSA) is 34.2 Å². The molecule has 1 N–H and O–H groups in total. The van der Waals surface area contributed by atoms with E-state index in [1.165, 1.54) is 5.56 Å². The summed E-state index contributed by atoms with van der Waals surface area (Å²) in [6.45, 7) is 5.21. The van der Waals surface area contributed by atoms with E-state index in [2.05, 4.69) is 43.4 Å². The quantitative estimate of drug-likeness (QED) is 0.594. The molecule has 0 saturated carbocycles. The van der Waals surface area contributed by atoms with Gasteiger partial charge in [-0.15, -0.1) is 0 Å². The highest BCUT2D eigenvalue weighted by molar-refractivity contribution is 6.30. The molecule has 4 heteroatoms. The van der Waals surface area contributed by atoms with Gasteiger partial charge in [0.2, 0.25) is 5.88 Å². The molecule has 126 valence electrons. The first-order valence-corrected chi connectivity index (χ1v) is 9.01. The molecule has 0 aliphatic carbocycles. The van der Waals surface area contributed by atoms with Gasteiger partial charge in [-0.3, -0.25) is 0 Å². The molecule has 3 nitrogen and oxygen atoms in total. The Kier molecular flexibility index (Phi) is 3.08. The number of benzene rings is 2. The van der Waals surface area contributed by atoms with Crippen LogP contribution in [-0.4, -0.2) is 11.6 Å². The summed E-state index contributed by atoms with van der Waals surface area (Å²) in [6.07, 6.45) is 0. The summed E-state index contributed by atoms with van der Waals surface area (Å²) >= 11 is 6.26. The Morgan fingerprint density at radius 1 is 1.16 bits per heavy atom. The highest BCUT2D eigenvalue weighted by atomic mass is 35.5. The summed E-state index contributed by atoms with van der Waals surface area (Å²) in [4.78, 5) is 4.74. The van der Waals surface area contributed by atoms with Crippen LogP contribution in [0.4, 0.5) is 5.69 Å². The van der Waals surface area contributed by atoms with Crippen LogP contribution in [0.5, 0.6) is 5.88 Å². The van der Waals surface area contributed by atoms with Crippen molar-refractivity contribution in [2.45, 2.75) is 25.3 Å². The lowest BCUT2D eigenvalue weighted by molar-refractivity contribution is 0.131. The standard InChI is InChI=1S/C21H19ClN2O/c1-21(2)15-10-13(22)7-8-18(15)23-19-14-9-12-5-3-4-6-17(12)24-20(14)25-11-16(19)21/h3-10,16,19,23H,11H2,1-2H3/t16-,19+/m1/s1. The van der Waals surface area contributed by atoms with Gasteiger partial charge < -0.3 is 10.1 Å². The van der Waals surface area contributed by atoms with Crippen LogP contribution in [0, 0.1) is 5.92 Å². The molecule has 0 bridgehead atoms. The van der Waals surface area contributed by atoms with Gasteiger partial charge in [-0.2, -0.15) is 0 Å². The van der Waals surface area contributed by atoms with E-state index in [9.17, 15) is 0 Å². The molecule has 1 aromatic heterocycles. The summed E-state index contributed by atoms with van der Waals surface area (Å²) in [5, 5.41) is 5.64. The predicted molar refractivity (Wildman–Crippen MR) is 102 cm³/mol. The van der Waals surface area contributed by atoms with E-state index >= 15 is 0 Å². The van der Waals surface area contributed by atoms with Gasteiger partial charge in [-0.25, -0.2) is 4.98 Å². The number of aromatic nitrogens is 1. The van der Waals surface area contributed by atoms with E-state index in [4.69, 9.17) is 21.3 Å². The third-order valence-electron chi connectivity index (χ3n) is 5.77. The smallest absolute Gasteiger partial charge is 0.219 e. The Bertz CT molecular complexity index is 998. The van der Waals surface area contributed by atoms with Crippen LogP contribution in [0.2, 0.25) is 5.02 Å². The zero-order valence-electron chi connectivity index (χ0n) is 14.2. The summed E-state index contributed by atoms with van der Waals surface area (Å²) in [6, 6.07) is 16.7. The van der Waals surface area contributed by atoms with Gasteiger partial charge in [0.25, 0.3) is 0 Å². The van der Waals surface area contributed by atoms with Gasteiger partial charge >= 0.3 is 0 Å². The van der Waals surface area contributed by atoms with Crippen molar-refractivity contribution in [3.63, 3.8) is 0 Å². The summed E-state index contributed by atoms with van der Waals surface area (Å²) in [7, 11) is 0. The van der Waals surface area contributed by atoms with E-state index < -0.39 is 0 Å². The van der Waals surface area contributed by atoms with Crippen molar-refractivity contribution in [1.82, 2.24) is 4.98 Å². The first-order chi connectivity index (χ1) is 12.0. The maximum absolute atomic E-state index is 6.26. The minimum Gasteiger partial charge on any atom is -0.477 e. The van der Waals surface area contributed by atoms with E-state index in [0.717, 1.165) is 33.1 Å². The largest absolute Gasteiger partial charge is 0.477 e. The third-order valence-corrected chi connectivity index (χ3v) is 6.00. The number of rotatable bonds is 0. The fourth-order valence-corrected chi connectivity index (χ4v) is 4.45. The number of nitrogens with one attached hydrogen (secondary N) is 1. The van der Waals surface area contributed by atoms with Gasteiger partial charge in [-0.05, 0) is 35.9 Å². The number of pyridine rings is 1. The highest BCUT2D eigenvalue weighted by Crippen LogP contribution is 2.52. The van der Waals surface area contributed by atoms with Gasteiger partial charge in [0.05, 0.1) is 18.2 Å². The zero-order valence-corrected chi connectivity index (χ0v) is 15.0. The van der Waals surface area contributed by atoms with Crippen LogP contribution in [0.15, 0.2) is 48.5 Å². The van der Waals surface area contributed by atoms with Crippen molar-refractivity contribution in [1.29, 1.82) is 0 Å². The molecule has 25 heavy (non-hydrogen) atoms. The van der Waals surface area contributed by atoms with Crippen LogP contribution in [0.3, 0.4) is 0 Å². The second-order valence-electron chi connectivity index (χ2n) is 7.53. The second kappa shape index (κ2) is 5.12. The predicted octanol–water partition coefficient (Wildman–Crippen LogP) is 5.34. The van der Waals surface area contributed by atoms with Crippen molar-refractivity contribution in [3.8, 4) is 5.88 Å². The molecule has 0 amide bonds. The van der Waals surface area contributed by atoms with Crippen molar-refractivity contribution >= 4 is 28.2 Å². The normalized spacial score (nSPS) is 23.0. The molecule has 0 radical (unpaired) electrons. The van der Waals surface area contributed by atoms with Crippen molar-refractivity contribution < 1.29 is 4.74 Å². The van der Waals surface area contributed by atoms with Crippen LogP contribution in [-0.2, 0) is 5.41 Å². The van der Waals surface area contributed by atoms with Crippen LogP contribution < -0.4 is 10.1 Å². The lowest BCUT2D eigenvalue weighted by Gasteiger charge is -2.48. The Morgan fingerprint density at radius 2 is 2.00 bits per heavy atom. The zero-order chi connectivity index (χ0) is 17.2. The minimum atomic E-state index is -0.0422. The average Bonchev–Trinajstić information content (AvgIpc) is 2.61. The summed E-state index contributed by atoms with van der Waals surface area (Å²) in [5.41, 5.74) is 4.48. The van der Waals surface area contributed by atoms with E-state index in [1.54, 1.807) is 0 Å². The molecule has 2 aromatic carbocycles. The molecule has 5 rings (SSSR count). The minimum absolute atomic E-state index is 0.0422. The molecular weight excluding hydrogens is 332 g/mol. The Balaban J connectivity index is 1.69. The molecule has 0 saturated heterocycles. The number of fused-ring (bicyclic) bond motifs is 5. The van der Waals surface area contributed by atoms with Gasteiger partial charge in [0.15, 0.2) is 0 Å². The van der Waals surface area contributed by atoms with Gasteiger partial charge in [-0.1, -0.05) is 43.6 Å². The molecule has 2 aliphatic heterocycles. The second-order valence-corrected chi connectivity index (χ2v) is 7.96. The molecule has 2 aliphatic rings. The van der Waals surface area contributed by atoms with Gasteiger partial charge in [0, 0.05) is 33.0 Å². The lowest BCUT2D eigenvalue weighted by Crippen LogP contribution is -2.46. The third kappa shape index (κ3) is 2.15. The van der Waals surface area contributed by atoms with E-state index in [1.807, 2.05) is 24.3 Å². The molecule has 0 fully saturated rings. The number of hydrogen-bond donors (Lipinski definition) is 1. The van der Waals surface area contributed by atoms with E-state index in [0.29, 0.717) is 12.5 Å². The molecule has 2 atom stereocenters. The highest BCUT2D eigenvalue weighted by Gasteiger charge is 2.46. The number of hydrogen-bond acceptors (Lipinski definition) is 3. The molecule has 3 aromatic rings. The Morgan fingerprint density at radius 3 is 2.88 bits per heavy atom. The van der Waals surface area contributed by atoms with Crippen LogP contribution in [0.25, 0.3) is 10.9 Å². The average molecular weight is 351 g/mol. The summed E-state index contributed by atoms with van der Waals surface area (Å²) in [5.74, 6) is 1.06. The SMILES string of the molecule is CC1(C)c2cc(Cl)ccc2N[C@H]2c3cc4ccccc4nc3OC[C@H]21. The first-order valence-electron chi connectivity index (χ1n) is 8.63. The first kappa shape index (κ1) is 15.0. The van der Waals surface area contributed by atoms with Crippen molar-refractivity contribution in [2.24, 2.45) is 5.92 Å². The molecule has 3 heterocycles. The number of para-hydroxylation sites is 1. The number of halogens is 1. The lowest BCUT2D eigenvalue weighted by atomic mass is 9.65. The number of ether oxygens (including phenoxy) is 1. The molecule has 0 unspecified atom stereocenters. The van der Waals surface area contributed by atoms with E-state index in [-0.39, 0.29) is 11.5 Å². The number of anilines is 1. The van der Waals surface area contributed by atoms with Crippen LogP contribution in [0.1, 0.15) is 31.0 Å². The fraction of sp³-hybridized carbons (Fsp3) is 0.286. The van der Waals surface area contributed by atoms with Crippen molar-refractivity contribution in [3.05, 3.63) is 64.7 Å². The Labute approximate surface area is 152 Å². The van der Waals surface area contributed by atoms with Gasteiger partial charge in [0.1, 0.15) is 0 Å². The molecular formula is C21H19ClN2O. The summed E-state index contributed by atoms with van der Waals surface area (Å²) < 4.78 is 6.10. The number of nitrogens with zero attached hydrogens (tertiary/aromatic N) is 1.